The Hall–Kier alpha value is -2.70. The summed E-state index contributed by atoms with van der Waals surface area (Å²) in [6.45, 7) is 3.13. The standard InChI is InChI=1S/C27H30Cl3N5O3/c1-32(26(37)38-19-27(28,29)30)22-15-24(35(18-22)17-20-7-3-2-4-8-20)25(36)34-13-11-33(12-14-34)23-10-6-5-9-21(23)16-31/h2-10,22,24H,11-15,17-19H2,1H3. The smallest absolute Gasteiger partial charge is 0.409 e. The third kappa shape index (κ3) is 7.03. The van der Waals surface area contributed by atoms with Crippen LogP contribution in [-0.4, -0.2) is 89.0 Å². The number of para-hydroxylation sites is 1. The second kappa shape index (κ2) is 12.4. The second-order valence-electron chi connectivity index (χ2n) is 9.54. The highest BCUT2D eigenvalue weighted by atomic mass is 35.6. The van der Waals surface area contributed by atoms with E-state index >= 15 is 0 Å². The maximum Gasteiger partial charge on any atom is 0.409 e. The van der Waals surface area contributed by atoms with Crippen molar-refractivity contribution in [2.24, 2.45) is 0 Å². The molecule has 38 heavy (non-hydrogen) atoms. The number of carbonyl (C=O) groups excluding carboxylic acids is 2. The topological polar surface area (TPSA) is 80.1 Å². The maximum absolute atomic E-state index is 13.8. The van der Waals surface area contributed by atoms with Crippen LogP contribution in [0.2, 0.25) is 0 Å². The molecule has 2 fully saturated rings. The lowest BCUT2D eigenvalue weighted by atomic mass is 10.1. The highest BCUT2D eigenvalue weighted by molar-refractivity contribution is 6.67. The molecule has 0 aliphatic carbocycles. The number of carbonyl (C=O) groups is 2. The van der Waals surface area contributed by atoms with Crippen molar-refractivity contribution >= 4 is 52.5 Å². The van der Waals surface area contributed by atoms with Crippen LogP contribution in [0, 0.1) is 11.3 Å². The molecular formula is C27H30Cl3N5O3. The molecular weight excluding hydrogens is 549 g/mol. The van der Waals surface area contributed by atoms with E-state index in [0.29, 0.717) is 51.3 Å². The van der Waals surface area contributed by atoms with Gasteiger partial charge in [-0.05, 0) is 24.1 Å². The average molecular weight is 579 g/mol. The number of piperazine rings is 1. The molecule has 0 radical (unpaired) electrons. The Morgan fingerprint density at radius 2 is 1.71 bits per heavy atom. The molecule has 2 atom stereocenters. The number of halogens is 3. The molecule has 0 N–H and O–H groups in total. The number of likely N-dealkylation sites (N-methyl/N-ethyl adjacent to an activating group) is 1. The quantitative estimate of drug-likeness (QED) is 0.476. The summed E-state index contributed by atoms with van der Waals surface area (Å²) in [5.41, 5.74) is 2.61. The number of ether oxygens (including phenoxy) is 1. The molecule has 2 amide bonds. The van der Waals surface area contributed by atoms with E-state index in [-0.39, 0.29) is 24.6 Å². The molecule has 4 rings (SSSR count). The Kier molecular flexibility index (Phi) is 9.27. The molecule has 8 nitrogen and oxygen atoms in total. The van der Waals surface area contributed by atoms with Gasteiger partial charge < -0.3 is 19.4 Å². The minimum atomic E-state index is -1.69. The van der Waals surface area contributed by atoms with Crippen molar-refractivity contribution < 1.29 is 14.3 Å². The van der Waals surface area contributed by atoms with Crippen LogP contribution in [0.3, 0.4) is 0 Å². The molecule has 0 bridgehead atoms. The molecule has 2 aromatic carbocycles. The lowest BCUT2D eigenvalue weighted by Crippen LogP contribution is -2.53. The third-order valence-corrected chi connectivity index (χ3v) is 7.37. The molecule has 0 aromatic heterocycles. The summed E-state index contributed by atoms with van der Waals surface area (Å²) in [6.07, 6.45) is -0.124. The van der Waals surface area contributed by atoms with Crippen molar-refractivity contribution in [2.75, 3.05) is 51.3 Å². The molecule has 0 saturated carbocycles. The van der Waals surface area contributed by atoms with Crippen LogP contribution in [0.15, 0.2) is 54.6 Å². The van der Waals surface area contributed by atoms with Crippen LogP contribution in [0.4, 0.5) is 10.5 Å². The monoisotopic (exact) mass is 577 g/mol. The van der Waals surface area contributed by atoms with Crippen molar-refractivity contribution in [3.63, 3.8) is 0 Å². The molecule has 0 spiro atoms. The predicted molar refractivity (Wildman–Crippen MR) is 148 cm³/mol. The molecule has 2 saturated heterocycles. The molecule has 2 aliphatic rings. The van der Waals surface area contributed by atoms with Gasteiger partial charge in [-0.2, -0.15) is 5.26 Å². The number of alkyl halides is 3. The summed E-state index contributed by atoms with van der Waals surface area (Å²) in [7, 11) is 1.64. The Balaban J connectivity index is 1.44. The fourth-order valence-electron chi connectivity index (χ4n) is 5.03. The Bertz CT molecular complexity index is 1160. The van der Waals surface area contributed by atoms with E-state index in [0.717, 1.165) is 11.3 Å². The normalized spacial score (nSPS) is 20.2. The highest BCUT2D eigenvalue weighted by Gasteiger charge is 2.42. The van der Waals surface area contributed by atoms with E-state index in [2.05, 4.69) is 15.9 Å². The first-order valence-electron chi connectivity index (χ1n) is 12.4. The van der Waals surface area contributed by atoms with Gasteiger partial charge >= 0.3 is 6.09 Å². The Morgan fingerprint density at radius 1 is 1.05 bits per heavy atom. The Labute approximate surface area is 238 Å². The molecule has 11 heteroatoms. The zero-order valence-electron chi connectivity index (χ0n) is 21.1. The van der Waals surface area contributed by atoms with Gasteiger partial charge in [-0.25, -0.2) is 4.79 Å². The number of hydrogen-bond acceptors (Lipinski definition) is 6. The van der Waals surface area contributed by atoms with Gasteiger partial charge in [-0.1, -0.05) is 77.3 Å². The number of likely N-dealkylation sites (tertiary alicyclic amines) is 1. The van der Waals surface area contributed by atoms with Gasteiger partial charge in [0.05, 0.1) is 17.3 Å². The number of anilines is 1. The van der Waals surface area contributed by atoms with Crippen LogP contribution in [0.5, 0.6) is 0 Å². The van der Waals surface area contributed by atoms with Crippen LogP contribution in [0.1, 0.15) is 17.5 Å². The van der Waals surface area contributed by atoms with Crippen LogP contribution in [0.25, 0.3) is 0 Å². The lowest BCUT2D eigenvalue weighted by Gasteiger charge is -2.38. The van der Waals surface area contributed by atoms with E-state index in [4.69, 9.17) is 39.5 Å². The van der Waals surface area contributed by atoms with Crippen molar-refractivity contribution in [1.82, 2.24) is 14.7 Å². The first-order valence-corrected chi connectivity index (χ1v) is 13.6. The van der Waals surface area contributed by atoms with Gasteiger partial charge in [0.2, 0.25) is 9.70 Å². The molecule has 202 valence electrons. The highest BCUT2D eigenvalue weighted by Crippen LogP contribution is 2.29. The van der Waals surface area contributed by atoms with Gasteiger partial charge in [0.1, 0.15) is 12.7 Å². The van der Waals surface area contributed by atoms with Gasteiger partial charge in [0.25, 0.3) is 0 Å². The van der Waals surface area contributed by atoms with E-state index in [9.17, 15) is 14.9 Å². The fraction of sp³-hybridized carbons (Fsp3) is 0.444. The summed E-state index contributed by atoms with van der Waals surface area (Å²) >= 11 is 17.2. The molecule has 2 aromatic rings. The van der Waals surface area contributed by atoms with Crippen molar-refractivity contribution in [3.8, 4) is 6.07 Å². The minimum Gasteiger partial charge on any atom is -0.445 e. The summed E-state index contributed by atoms with van der Waals surface area (Å²) in [4.78, 5) is 34.1. The van der Waals surface area contributed by atoms with Gasteiger partial charge in [0, 0.05) is 52.4 Å². The van der Waals surface area contributed by atoms with Crippen molar-refractivity contribution in [1.29, 1.82) is 5.26 Å². The van der Waals surface area contributed by atoms with E-state index in [1.165, 1.54) is 4.90 Å². The minimum absolute atomic E-state index is 0.0414. The number of benzene rings is 2. The molecule has 2 unspecified atom stereocenters. The lowest BCUT2D eigenvalue weighted by molar-refractivity contribution is -0.136. The third-order valence-electron chi connectivity index (χ3n) is 7.05. The summed E-state index contributed by atoms with van der Waals surface area (Å²) < 4.78 is 3.47. The van der Waals surface area contributed by atoms with Gasteiger partial charge in [-0.3, -0.25) is 9.69 Å². The van der Waals surface area contributed by atoms with Crippen molar-refractivity contribution in [2.45, 2.75) is 28.8 Å². The van der Waals surface area contributed by atoms with Gasteiger partial charge in [0.15, 0.2) is 0 Å². The Morgan fingerprint density at radius 3 is 2.37 bits per heavy atom. The first-order chi connectivity index (χ1) is 18.2. The van der Waals surface area contributed by atoms with Crippen LogP contribution < -0.4 is 4.90 Å². The summed E-state index contributed by atoms with van der Waals surface area (Å²) in [6, 6.07) is 19.1. The molecule has 2 aliphatic heterocycles. The number of nitrogens with zero attached hydrogens (tertiary/aromatic N) is 5. The van der Waals surface area contributed by atoms with Crippen molar-refractivity contribution in [3.05, 3.63) is 65.7 Å². The van der Waals surface area contributed by atoms with E-state index in [1.54, 1.807) is 7.05 Å². The number of rotatable bonds is 6. The zero-order valence-corrected chi connectivity index (χ0v) is 23.4. The zero-order chi connectivity index (χ0) is 27.3. The first kappa shape index (κ1) is 28.3. The maximum atomic E-state index is 13.8. The average Bonchev–Trinajstić information content (AvgIpc) is 3.34. The van der Waals surface area contributed by atoms with Gasteiger partial charge in [-0.15, -0.1) is 0 Å². The SMILES string of the molecule is CN(C(=O)OCC(Cl)(Cl)Cl)C1CC(C(=O)N2CCN(c3ccccc3C#N)CC2)N(Cc2ccccc2)C1. The predicted octanol–water partition coefficient (Wildman–Crippen LogP) is 4.29. The van der Waals surface area contributed by atoms with Crippen LogP contribution >= 0.6 is 34.8 Å². The van der Waals surface area contributed by atoms with E-state index in [1.807, 2.05) is 59.5 Å². The number of nitriles is 1. The second-order valence-corrected chi connectivity index (χ2v) is 12.1. The fourth-order valence-corrected chi connectivity index (χ4v) is 5.19. The van der Waals surface area contributed by atoms with Crippen LogP contribution in [-0.2, 0) is 16.1 Å². The summed E-state index contributed by atoms with van der Waals surface area (Å²) in [5.74, 6) is 0.0414. The number of hydrogen-bond donors (Lipinski definition) is 0. The molecule has 2 heterocycles. The summed E-state index contributed by atoms with van der Waals surface area (Å²) in [5, 5.41) is 9.46. The largest absolute Gasteiger partial charge is 0.445 e. The number of amides is 2. The van der Waals surface area contributed by atoms with E-state index < -0.39 is 9.89 Å².